The normalized spacial score (nSPS) is 17.4. The Kier molecular flexibility index (Phi) is 8.01. The molecule has 2 atom stereocenters. The Labute approximate surface area is 177 Å². The minimum atomic E-state index is -4.63. The van der Waals surface area contributed by atoms with Crippen molar-refractivity contribution in [3.63, 3.8) is 0 Å². The third-order valence-corrected chi connectivity index (χ3v) is 4.99. The van der Waals surface area contributed by atoms with E-state index < -0.39 is 49.2 Å². The van der Waals surface area contributed by atoms with Gasteiger partial charge < -0.3 is 25.6 Å². The topological polar surface area (TPSA) is 102 Å². The van der Waals surface area contributed by atoms with E-state index in [0.29, 0.717) is 12.8 Å². The first-order valence-corrected chi connectivity index (χ1v) is 9.84. The summed E-state index contributed by atoms with van der Waals surface area (Å²) < 4.78 is 40.0. The van der Waals surface area contributed by atoms with Crippen LogP contribution < -0.4 is 15.5 Å². The van der Waals surface area contributed by atoms with E-state index in [1.165, 1.54) is 17.0 Å². The first kappa shape index (κ1) is 24.3. The van der Waals surface area contributed by atoms with Crippen LogP contribution >= 0.6 is 11.6 Å². The summed E-state index contributed by atoms with van der Waals surface area (Å²) in [4.78, 5) is 25.7. The molecule has 1 heterocycles. The number of nitrogens with one attached hydrogen (secondary N) is 2. The Hall–Kier alpha value is -1.98. The molecule has 2 unspecified atom stereocenters. The van der Waals surface area contributed by atoms with Gasteiger partial charge in [0.1, 0.15) is 6.04 Å². The number of halogens is 4. The molecule has 1 aromatic carbocycles. The van der Waals surface area contributed by atoms with Crippen LogP contribution in [0.3, 0.4) is 0 Å². The summed E-state index contributed by atoms with van der Waals surface area (Å²) in [6.07, 6.45) is -3.98. The fourth-order valence-electron chi connectivity index (χ4n) is 3.24. The van der Waals surface area contributed by atoms with Crippen molar-refractivity contribution in [2.24, 2.45) is 5.92 Å². The second-order valence-electron chi connectivity index (χ2n) is 7.59. The van der Waals surface area contributed by atoms with Gasteiger partial charge in [-0.25, -0.2) is 0 Å². The zero-order valence-corrected chi connectivity index (χ0v) is 17.3. The minimum Gasteiger partial charge on any atom is -0.426 e. The van der Waals surface area contributed by atoms with E-state index in [1.54, 1.807) is 0 Å². The van der Waals surface area contributed by atoms with Crippen molar-refractivity contribution in [3.8, 4) is 0 Å². The van der Waals surface area contributed by atoms with Gasteiger partial charge in [-0.3, -0.25) is 9.59 Å². The third kappa shape index (κ3) is 6.26. The molecule has 166 valence electrons. The number of nitrogens with zero attached hydrogens (tertiary/aromatic N) is 1. The lowest BCUT2D eigenvalue weighted by Gasteiger charge is -2.42. The van der Waals surface area contributed by atoms with Gasteiger partial charge >= 0.3 is 13.3 Å². The van der Waals surface area contributed by atoms with Crippen molar-refractivity contribution >= 4 is 36.2 Å². The molecule has 1 aliphatic rings. The Bertz CT molecular complexity index is 780. The summed E-state index contributed by atoms with van der Waals surface area (Å²) in [6, 6.07) is 2.50. The van der Waals surface area contributed by atoms with Crippen LogP contribution in [0.4, 0.5) is 18.9 Å². The summed E-state index contributed by atoms with van der Waals surface area (Å²) in [7, 11) is -1.75. The molecule has 0 aromatic heterocycles. The number of carbonyl (C=O) groups excluding carboxylic acids is 2. The van der Waals surface area contributed by atoms with Gasteiger partial charge in [-0.15, -0.1) is 0 Å². The van der Waals surface area contributed by atoms with Gasteiger partial charge in [0, 0.05) is 17.3 Å². The molecule has 1 aliphatic heterocycles. The highest BCUT2D eigenvalue weighted by molar-refractivity contribution is 6.43. The molecule has 4 N–H and O–H groups in total. The summed E-state index contributed by atoms with van der Waals surface area (Å²) >= 11 is 5.69. The van der Waals surface area contributed by atoms with Crippen LogP contribution in [0.25, 0.3) is 0 Å². The molecule has 12 heteroatoms. The molecule has 2 rings (SSSR count). The summed E-state index contributed by atoms with van der Waals surface area (Å²) in [5.41, 5.74) is -1.08. The second kappa shape index (κ2) is 9.89. The van der Waals surface area contributed by atoms with Gasteiger partial charge in [-0.1, -0.05) is 25.4 Å². The Balaban J connectivity index is 1.98. The number of carbonyl (C=O) groups is 2. The number of alkyl halides is 3. The SMILES string of the molecule is CC(C)CC(NC(=O)CNC(=O)C1CCN1c1ccc(Cl)cc1C(F)(F)F)B(O)O. The molecule has 1 aromatic rings. The predicted molar refractivity (Wildman–Crippen MR) is 107 cm³/mol. The fourth-order valence-corrected chi connectivity index (χ4v) is 3.41. The number of hydrogen-bond donors (Lipinski definition) is 4. The van der Waals surface area contributed by atoms with Crippen LogP contribution in [0.5, 0.6) is 0 Å². The van der Waals surface area contributed by atoms with E-state index in [1.807, 2.05) is 13.8 Å². The quantitative estimate of drug-likeness (QED) is 0.452. The largest absolute Gasteiger partial charge is 0.475 e. The number of anilines is 1. The van der Waals surface area contributed by atoms with Gasteiger partial charge in [0.2, 0.25) is 11.8 Å². The van der Waals surface area contributed by atoms with Crippen LogP contribution in [0.2, 0.25) is 5.02 Å². The van der Waals surface area contributed by atoms with Crippen LogP contribution in [-0.4, -0.2) is 54.1 Å². The van der Waals surface area contributed by atoms with Gasteiger partial charge in [-0.2, -0.15) is 13.2 Å². The summed E-state index contributed by atoms with van der Waals surface area (Å²) in [5, 5.41) is 23.4. The molecule has 30 heavy (non-hydrogen) atoms. The maximum atomic E-state index is 13.3. The Morgan fingerprint density at radius 3 is 2.50 bits per heavy atom. The van der Waals surface area contributed by atoms with E-state index in [9.17, 15) is 32.8 Å². The van der Waals surface area contributed by atoms with E-state index in [0.717, 1.165) is 6.07 Å². The molecule has 0 spiro atoms. The van der Waals surface area contributed by atoms with E-state index in [2.05, 4.69) is 10.6 Å². The van der Waals surface area contributed by atoms with Gasteiger partial charge in [-0.05, 0) is 37.0 Å². The fraction of sp³-hybridized carbons (Fsp3) is 0.556. The minimum absolute atomic E-state index is 0.0636. The van der Waals surface area contributed by atoms with Gasteiger partial charge in [0.25, 0.3) is 0 Å². The Morgan fingerprint density at radius 2 is 2.00 bits per heavy atom. The molecule has 0 bridgehead atoms. The molecular weight excluding hydrogens is 425 g/mol. The first-order chi connectivity index (χ1) is 13.9. The van der Waals surface area contributed by atoms with Crippen LogP contribution in [0, 0.1) is 5.92 Å². The summed E-state index contributed by atoms with van der Waals surface area (Å²) in [6.45, 7) is 3.51. The summed E-state index contributed by atoms with van der Waals surface area (Å²) in [5.74, 6) is -2.02. The van der Waals surface area contributed by atoms with Crippen molar-refractivity contribution in [1.82, 2.24) is 10.6 Å². The average Bonchev–Trinajstić information content (AvgIpc) is 2.58. The molecule has 2 amide bonds. The molecule has 0 radical (unpaired) electrons. The monoisotopic (exact) mass is 449 g/mol. The van der Waals surface area contributed by atoms with Crippen molar-refractivity contribution in [2.75, 3.05) is 18.0 Å². The number of rotatable bonds is 8. The number of amides is 2. The van der Waals surface area contributed by atoms with Gasteiger partial charge in [0.05, 0.1) is 18.0 Å². The van der Waals surface area contributed by atoms with Crippen molar-refractivity contribution in [1.29, 1.82) is 0 Å². The second-order valence-corrected chi connectivity index (χ2v) is 8.03. The molecule has 0 saturated carbocycles. The van der Waals surface area contributed by atoms with E-state index >= 15 is 0 Å². The van der Waals surface area contributed by atoms with Crippen molar-refractivity contribution in [3.05, 3.63) is 28.8 Å². The zero-order valence-electron chi connectivity index (χ0n) is 16.5. The molecule has 1 saturated heterocycles. The van der Waals surface area contributed by atoms with Crippen LogP contribution in [0.1, 0.15) is 32.3 Å². The lowest BCUT2D eigenvalue weighted by atomic mass is 9.75. The smallest absolute Gasteiger partial charge is 0.426 e. The van der Waals surface area contributed by atoms with Crippen molar-refractivity contribution in [2.45, 2.75) is 44.8 Å². The van der Waals surface area contributed by atoms with E-state index in [-0.39, 0.29) is 23.2 Å². The Morgan fingerprint density at radius 1 is 1.33 bits per heavy atom. The lowest BCUT2D eigenvalue weighted by Crippen LogP contribution is -2.58. The maximum Gasteiger partial charge on any atom is 0.475 e. The third-order valence-electron chi connectivity index (χ3n) is 4.75. The maximum absolute atomic E-state index is 13.3. The predicted octanol–water partition coefficient (Wildman–Crippen LogP) is 1.60. The highest BCUT2D eigenvalue weighted by atomic mass is 35.5. The molecule has 0 aliphatic carbocycles. The van der Waals surface area contributed by atoms with E-state index in [4.69, 9.17) is 11.6 Å². The first-order valence-electron chi connectivity index (χ1n) is 9.46. The highest BCUT2D eigenvalue weighted by Gasteiger charge is 2.41. The molecule has 7 nitrogen and oxygen atoms in total. The van der Waals surface area contributed by atoms with Gasteiger partial charge in [0.15, 0.2) is 0 Å². The zero-order chi connectivity index (χ0) is 22.6. The average molecular weight is 450 g/mol. The lowest BCUT2D eigenvalue weighted by molar-refractivity contribution is -0.137. The van der Waals surface area contributed by atoms with Crippen LogP contribution in [0.15, 0.2) is 18.2 Å². The standard InChI is InChI=1S/C18H24BClF3N3O4/c1-10(2)7-15(19(29)30)25-16(27)9-24-17(28)14-5-6-26(14)13-4-3-11(20)8-12(13)18(21,22)23/h3-4,8,10,14-15,29-30H,5-7,9H2,1-2H3,(H,24,28)(H,25,27). The molecule has 1 fully saturated rings. The van der Waals surface area contributed by atoms with Crippen molar-refractivity contribution < 1.29 is 32.8 Å². The van der Waals surface area contributed by atoms with Crippen LogP contribution in [-0.2, 0) is 15.8 Å². The molecular formula is C18H24BClF3N3O4. The highest BCUT2D eigenvalue weighted by Crippen LogP contribution is 2.40. The number of hydrogen-bond acceptors (Lipinski definition) is 5. The number of benzene rings is 1.